The van der Waals surface area contributed by atoms with Gasteiger partial charge in [-0.1, -0.05) is 18.5 Å². The summed E-state index contributed by atoms with van der Waals surface area (Å²) in [5.41, 5.74) is 6.03. The maximum absolute atomic E-state index is 5.82. The lowest BCUT2D eigenvalue weighted by Crippen LogP contribution is -2.46. The molecule has 1 aromatic rings. The van der Waals surface area contributed by atoms with E-state index < -0.39 is 0 Å². The third-order valence-corrected chi connectivity index (χ3v) is 3.61. The van der Waals surface area contributed by atoms with Crippen LogP contribution < -0.4 is 10.5 Å². The summed E-state index contributed by atoms with van der Waals surface area (Å²) in [4.78, 5) is 0. The number of hydrogen-bond donors (Lipinski definition) is 1. The lowest BCUT2D eigenvalue weighted by atomic mass is 9.63. The maximum Gasteiger partial charge on any atom is 0.119 e. The van der Waals surface area contributed by atoms with Crippen molar-refractivity contribution in [1.82, 2.24) is 0 Å². The van der Waals surface area contributed by atoms with Gasteiger partial charge in [0.15, 0.2) is 0 Å². The molecule has 2 rings (SSSR count). The Morgan fingerprint density at radius 2 is 2.00 bits per heavy atom. The topological polar surface area (TPSA) is 35.2 Å². The summed E-state index contributed by atoms with van der Waals surface area (Å²) in [5.74, 6) is 1.66. The summed E-state index contributed by atoms with van der Waals surface area (Å²) in [6, 6.07) is 7.48. The first-order chi connectivity index (χ1) is 7.63. The van der Waals surface area contributed by atoms with E-state index in [9.17, 15) is 0 Å². The molecule has 0 unspecified atom stereocenters. The van der Waals surface area contributed by atoms with Crippen molar-refractivity contribution in [3.8, 4) is 5.75 Å². The minimum atomic E-state index is 0.207. The van der Waals surface area contributed by atoms with Crippen molar-refractivity contribution in [2.24, 2.45) is 17.1 Å². The SMILES string of the molecule is CC1CC(CN)(COc2ccc(Cl)cc2)C1. The number of rotatable bonds is 4. The van der Waals surface area contributed by atoms with Crippen LogP contribution in [-0.2, 0) is 0 Å². The van der Waals surface area contributed by atoms with Crippen molar-refractivity contribution in [2.45, 2.75) is 19.8 Å². The molecule has 3 heteroatoms. The van der Waals surface area contributed by atoms with Gasteiger partial charge in [0.2, 0.25) is 0 Å². The summed E-state index contributed by atoms with van der Waals surface area (Å²) in [6.07, 6.45) is 2.36. The molecule has 0 atom stereocenters. The Labute approximate surface area is 102 Å². The Kier molecular flexibility index (Phi) is 3.41. The molecule has 16 heavy (non-hydrogen) atoms. The number of ether oxygens (including phenoxy) is 1. The monoisotopic (exact) mass is 239 g/mol. The van der Waals surface area contributed by atoms with Crippen molar-refractivity contribution in [3.05, 3.63) is 29.3 Å². The van der Waals surface area contributed by atoms with E-state index in [0.717, 1.165) is 23.3 Å². The predicted octanol–water partition coefficient (Wildman–Crippen LogP) is 3.09. The first kappa shape index (κ1) is 11.7. The number of halogens is 1. The number of nitrogens with two attached hydrogens (primary N) is 1. The highest BCUT2D eigenvalue weighted by atomic mass is 35.5. The highest BCUT2D eigenvalue weighted by Gasteiger charge is 2.41. The van der Waals surface area contributed by atoms with Crippen LogP contribution in [0.1, 0.15) is 19.8 Å². The fraction of sp³-hybridized carbons (Fsp3) is 0.538. The molecular weight excluding hydrogens is 222 g/mol. The van der Waals surface area contributed by atoms with E-state index in [1.165, 1.54) is 12.8 Å². The number of hydrogen-bond acceptors (Lipinski definition) is 2. The van der Waals surface area contributed by atoms with Crippen LogP contribution in [0.5, 0.6) is 5.75 Å². The average Bonchev–Trinajstić information content (AvgIpc) is 2.25. The lowest BCUT2D eigenvalue weighted by molar-refractivity contribution is 0.0211. The average molecular weight is 240 g/mol. The summed E-state index contributed by atoms with van der Waals surface area (Å²) in [7, 11) is 0. The van der Waals surface area contributed by atoms with Gasteiger partial charge in [-0.3, -0.25) is 0 Å². The maximum atomic E-state index is 5.82. The molecule has 0 amide bonds. The van der Waals surface area contributed by atoms with Crippen LogP contribution in [0.2, 0.25) is 5.02 Å². The second kappa shape index (κ2) is 4.64. The highest BCUT2D eigenvalue weighted by Crippen LogP contribution is 2.44. The zero-order valence-corrected chi connectivity index (χ0v) is 10.3. The number of benzene rings is 1. The van der Waals surface area contributed by atoms with Crippen molar-refractivity contribution in [2.75, 3.05) is 13.2 Å². The third-order valence-electron chi connectivity index (χ3n) is 3.35. The Hall–Kier alpha value is -0.730. The zero-order valence-electron chi connectivity index (χ0n) is 9.58. The molecule has 0 aromatic heterocycles. The minimum Gasteiger partial charge on any atom is -0.493 e. The molecule has 1 saturated carbocycles. The van der Waals surface area contributed by atoms with E-state index in [1.54, 1.807) is 0 Å². The molecule has 0 bridgehead atoms. The van der Waals surface area contributed by atoms with Gasteiger partial charge in [0.05, 0.1) is 6.61 Å². The molecular formula is C13H18ClNO. The Balaban J connectivity index is 1.89. The van der Waals surface area contributed by atoms with Crippen molar-refractivity contribution < 1.29 is 4.74 Å². The van der Waals surface area contributed by atoms with Gasteiger partial charge in [0, 0.05) is 17.0 Å². The smallest absolute Gasteiger partial charge is 0.119 e. The van der Waals surface area contributed by atoms with E-state index in [0.29, 0.717) is 6.54 Å². The molecule has 1 aliphatic rings. The van der Waals surface area contributed by atoms with Crippen LogP contribution in [0.3, 0.4) is 0 Å². The highest BCUT2D eigenvalue weighted by molar-refractivity contribution is 6.30. The van der Waals surface area contributed by atoms with Crippen molar-refractivity contribution in [1.29, 1.82) is 0 Å². The largest absolute Gasteiger partial charge is 0.493 e. The van der Waals surface area contributed by atoms with Gasteiger partial charge < -0.3 is 10.5 Å². The molecule has 1 aromatic carbocycles. The summed E-state index contributed by atoms with van der Waals surface area (Å²) >= 11 is 5.81. The van der Waals surface area contributed by atoms with Crippen LogP contribution in [-0.4, -0.2) is 13.2 Å². The van der Waals surface area contributed by atoms with Gasteiger partial charge in [-0.15, -0.1) is 0 Å². The van der Waals surface area contributed by atoms with Crippen LogP contribution >= 0.6 is 11.6 Å². The Morgan fingerprint density at radius 3 is 2.50 bits per heavy atom. The second-order valence-corrected chi connectivity index (χ2v) is 5.40. The predicted molar refractivity (Wildman–Crippen MR) is 66.8 cm³/mol. The Bertz CT molecular complexity index is 343. The van der Waals surface area contributed by atoms with Crippen molar-refractivity contribution >= 4 is 11.6 Å². The van der Waals surface area contributed by atoms with E-state index in [2.05, 4.69) is 6.92 Å². The van der Waals surface area contributed by atoms with Crippen LogP contribution in [0.25, 0.3) is 0 Å². The quantitative estimate of drug-likeness (QED) is 0.877. The van der Waals surface area contributed by atoms with E-state index >= 15 is 0 Å². The molecule has 0 heterocycles. The molecule has 2 nitrogen and oxygen atoms in total. The van der Waals surface area contributed by atoms with Gasteiger partial charge in [-0.25, -0.2) is 0 Å². The van der Waals surface area contributed by atoms with Crippen LogP contribution in [0.4, 0.5) is 0 Å². The standard InChI is InChI=1S/C13H18ClNO/c1-10-6-13(7-10,8-15)9-16-12-4-2-11(14)3-5-12/h2-5,10H,6-9,15H2,1H3. The summed E-state index contributed by atoms with van der Waals surface area (Å²) in [5, 5.41) is 0.734. The minimum absolute atomic E-state index is 0.207. The van der Waals surface area contributed by atoms with Gasteiger partial charge >= 0.3 is 0 Å². The molecule has 0 aliphatic heterocycles. The van der Waals surface area contributed by atoms with Gasteiger partial charge in [-0.05, 0) is 43.0 Å². The van der Waals surface area contributed by atoms with E-state index in [4.69, 9.17) is 22.1 Å². The van der Waals surface area contributed by atoms with Gasteiger partial charge in [0.25, 0.3) is 0 Å². The summed E-state index contributed by atoms with van der Waals surface area (Å²) in [6.45, 7) is 3.69. The first-order valence-corrected chi connectivity index (χ1v) is 6.10. The molecule has 1 fully saturated rings. The normalized spacial score (nSPS) is 28.6. The van der Waals surface area contributed by atoms with Crippen LogP contribution in [0, 0.1) is 11.3 Å². The fourth-order valence-electron chi connectivity index (χ4n) is 2.53. The van der Waals surface area contributed by atoms with Crippen LogP contribution in [0.15, 0.2) is 24.3 Å². The summed E-state index contributed by atoms with van der Waals surface area (Å²) < 4.78 is 5.77. The Morgan fingerprint density at radius 1 is 1.38 bits per heavy atom. The molecule has 0 radical (unpaired) electrons. The van der Waals surface area contributed by atoms with E-state index in [-0.39, 0.29) is 5.41 Å². The lowest BCUT2D eigenvalue weighted by Gasteiger charge is -2.45. The van der Waals surface area contributed by atoms with Gasteiger partial charge in [-0.2, -0.15) is 0 Å². The molecule has 0 spiro atoms. The molecule has 0 saturated heterocycles. The first-order valence-electron chi connectivity index (χ1n) is 5.72. The zero-order chi connectivity index (χ0) is 11.6. The van der Waals surface area contributed by atoms with Crippen molar-refractivity contribution in [3.63, 3.8) is 0 Å². The third kappa shape index (κ3) is 2.50. The molecule has 1 aliphatic carbocycles. The van der Waals surface area contributed by atoms with E-state index in [1.807, 2.05) is 24.3 Å². The fourth-order valence-corrected chi connectivity index (χ4v) is 2.66. The van der Waals surface area contributed by atoms with Gasteiger partial charge in [0.1, 0.15) is 5.75 Å². The molecule has 2 N–H and O–H groups in total. The second-order valence-electron chi connectivity index (χ2n) is 4.96. The molecule has 88 valence electrons.